The maximum absolute atomic E-state index is 8.19. The number of aliphatic hydroxyl groups is 1. The van der Waals surface area contributed by atoms with Gasteiger partial charge in [-0.3, -0.25) is 0 Å². The van der Waals surface area contributed by atoms with Crippen molar-refractivity contribution in [2.75, 3.05) is 0 Å². The molecule has 2 nitrogen and oxygen atoms in total. The topological polar surface area (TPSA) is 37.3 Å². The zero-order valence-corrected chi connectivity index (χ0v) is 5.41. The number of alkyl halides is 1. The Morgan fingerprint density at radius 1 is 1.83 bits per heavy atom. The van der Waals surface area contributed by atoms with Gasteiger partial charge in [0.2, 0.25) is 0 Å². The second kappa shape index (κ2) is 9.16. The number of rotatable bonds is 0. The second-order valence-electron chi connectivity index (χ2n) is 0.574. The number of halogens is 1. The van der Waals surface area contributed by atoms with Gasteiger partial charge in [0.25, 0.3) is 0 Å². The van der Waals surface area contributed by atoms with E-state index in [9.17, 15) is 0 Å². The first-order valence-corrected chi connectivity index (χ1v) is 2.24. The zero-order chi connectivity index (χ0) is 5.58. The summed E-state index contributed by atoms with van der Waals surface area (Å²) in [4.78, 5) is 0. The Hall–Kier alpha value is 0.634. The van der Waals surface area contributed by atoms with Gasteiger partial charge in [-0.1, -0.05) is 11.6 Å². The molecule has 6 heavy (non-hydrogen) atoms. The molecule has 0 aromatic carbocycles. The van der Waals surface area contributed by atoms with Crippen molar-refractivity contribution in [3.8, 4) is 0 Å². The maximum atomic E-state index is 8.19. The van der Waals surface area contributed by atoms with E-state index >= 15 is 0 Å². The summed E-state index contributed by atoms with van der Waals surface area (Å²) < 4.78 is 8.19. The van der Waals surface area contributed by atoms with Crippen molar-refractivity contribution in [2.45, 2.75) is 12.5 Å². The Morgan fingerprint density at radius 2 is 1.83 bits per heavy atom. The van der Waals surface area contributed by atoms with E-state index in [-0.39, 0.29) is 0 Å². The van der Waals surface area contributed by atoms with Gasteiger partial charge in [0.1, 0.15) is 5.56 Å². The van der Waals surface area contributed by atoms with Crippen LogP contribution >= 0.6 is 11.6 Å². The summed E-state index contributed by atoms with van der Waals surface area (Å²) in [6.45, 7) is 1.49. The molecule has 0 aliphatic rings. The first kappa shape index (κ1) is 9.81. The van der Waals surface area contributed by atoms with E-state index in [4.69, 9.17) is 20.4 Å². The number of hydrogen-bond acceptors (Lipinski definition) is 2. The second-order valence-corrected chi connectivity index (χ2v) is 1.21. The third-order valence-electron chi connectivity index (χ3n) is 0. The quantitative estimate of drug-likeness (QED) is 0.505. The molecule has 37 valence electrons. The third-order valence-corrected chi connectivity index (χ3v) is 0. The molecule has 0 spiro atoms. The van der Waals surface area contributed by atoms with Crippen molar-refractivity contribution in [1.29, 1.82) is 0 Å². The summed E-state index contributed by atoms with van der Waals surface area (Å²) in [7, 11) is 0. The van der Waals surface area contributed by atoms with Crippen molar-refractivity contribution in [2.24, 2.45) is 0 Å². The predicted molar refractivity (Wildman–Crippen MR) is 18.2 cm³/mol. The molecule has 0 aromatic heterocycles. The zero-order valence-electron chi connectivity index (χ0n) is 3.26. The van der Waals surface area contributed by atoms with Crippen LogP contribution in [0.5, 0.6) is 0 Å². The molecule has 0 amide bonds. The molecule has 0 rings (SSSR count). The van der Waals surface area contributed by atoms with Crippen LogP contribution in [0.2, 0.25) is 0 Å². The van der Waals surface area contributed by atoms with Crippen LogP contribution in [0.4, 0.5) is 0 Å². The average Bonchev–Trinajstić information content (AvgIpc) is 1.41. The van der Waals surface area contributed by atoms with E-state index in [0.717, 1.165) is 17.4 Å². The summed E-state index contributed by atoms with van der Waals surface area (Å²) in [6, 6.07) is 0. The monoisotopic (exact) mass is 147 g/mol. The van der Waals surface area contributed by atoms with E-state index in [2.05, 4.69) is 0 Å². The predicted octanol–water partition coefficient (Wildman–Crippen LogP) is 0.442. The molecule has 0 aliphatic carbocycles. The minimum atomic E-state index is -0.694. The molecule has 4 heteroatoms. The molecule has 0 saturated carbocycles. The normalized spacial score (nSPS) is 11.0. The number of aliphatic hydroxyl groups excluding tert-OH is 1. The van der Waals surface area contributed by atoms with Gasteiger partial charge in [0.05, 0.1) is 0 Å². The van der Waals surface area contributed by atoms with Gasteiger partial charge >= 0.3 is 21.0 Å². The van der Waals surface area contributed by atoms with Crippen molar-refractivity contribution in [1.82, 2.24) is 0 Å². The molecule has 0 aliphatic heterocycles. The standard InChI is InChI=1S/C2H5ClO.O.V/c1-2(3)4;;/h2,4H,1H3;;. The summed E-state index contributed by atoms with van der Waals surface area (Å²) in [5.74, 6) is 0. The van der Waals surface area contributed by atoms with Crippen LogP contribution in [0, 0.1) is 0 Å². The number of hydrogen-bond donors (Lipinski definition) is 1. The van der Waals surface area contributed by atoms with E-state index in [1.54, 1.807) is 0 Å². The van der Waals surface area contributed by atoms with Crippen LogP contribution < -0.4 is 0 Å². The first-order valence-electron chi connectivity index (χ1n) is 1.24. The van der Waals surface area contributed by atoms with Gasteiger partial charge in [-0.2, -0.15) is 0 Å². The van der Waals surface area contributed by atoms with Gasteiger partial charge in [-0.15, -0.1) is 0 Å². The van der Waals surface area contributed by atoms with Crippen molar-refractivity contribution < 1.29 is 26.1 Å². The molecule has 0 bridgehead atoms. The van der Waals surface area contributed by atoms with Crippen molar-refractivity contribution in [3.05, 3.63) is 0 Å². The SMILES string of the molecule is CC(O)Cl.[O]=[V]. The minimum absolute atomic E-state index is 0.694. The van der Waals surface area contributed by atoms with Crippen LogP contribution in [0.25, 0.3) is 0 Å². The van der Waals surface area contributed by atoms with Crippen LogP contribution in [0.3, 0.4) is 0 Å². The molecule has 0 aromatic rings. The Bertz CT molecular complexity index is 22.8. The molecule has 0 fully saturated rings. The Morgan fingerprint density at radius 3 is 1.83 bits per heavy atom. The Kier molecular flexibility index (Phi) is 15.0. The first-order chi connectivity index (χ1) is 2.73. The molecule has 0 saturated heterocycles. The van der Waals surface area contributed by atoms with Gasteiger partial charge in [0.15, 0.2) is 0 Å². The molecule has 0 radical (unpaired) electrons. The summed E-state index contributed by atoms with van der Waals surface area (Å²) >= 11 is 5.89. The van der Waals surface area contributed by atoms with Crippen LogP contribution in [0.15, 0.2) is 0 Å². The van der Waals surface area contributed by atoms with E-state index in [1.807, 2.05) is 0 Å². The van der Waals surface area contributed by atoms with Gasteiger partial charge in [-0.25, -0.2) is 0 Å². The Balaban J connectivity index is 0. The fraction of sp³-hybridized carbons (Fsp3) is 1.00. The van der Waals surface area contributed by atoms with Gasteiger partial charge in [0, 0.05) is 0 Å². The van der Waals surface area contributed by atoms with Gasteiger partial charge in [-0.05, 0) is 6.92 Å². The van der Waals surface area contributed by atoms with E-state index in [0.29, 0.717) is 0 Å². The molecule has 1 N–H and O–H groups in total. The molecule has 1 unspecified atom stereocenters. The molecule has 1 atom stereocenters. The van der Waals surface area contributed by atoms with Gasteiger partial charge < -0.3 is 5.11 Å². The van der Waals surface area contributed by atoms with E-state index < -0.39 is 5.56 Å². The molecular formula is C2H5ClO2V. The van der Waals surface area contributed by atoms with E-state index in [1.165, 1.54) is 6.92 Å². The van der Waals surface area contributed by atoms with Crippen LogP contribution in [-0.2, 0) is 21.0 Å². The fourth-order valence-electron chi connectivity index (χ4n) is 0. The summed E-state index contributed by atoms with van der Waals surface area (Å²) in [5, 5.41) is 7.82. The average molecular weight is 147 g/mol. The van der Waals surface area contributed by atoms with Crippen molar-refractivity contribution in [3.63, 3.8) is 0 Å². The summed E-state index contributed by atoms with van der Waals surface area (Å²) in [6.07, 6.45) is 0. The third kappa shape index (κ3) is 152. The summed E-state index contributed by atoms with van der Waals surface area (Å²) in [5.41, 5.74) is -0.694. The van der Waals surface area contributed by atoms with Crippen LogP contribution in [0.1, 0.15) is 6.92 Å². The van der Waals surface area contributed by atoms with Crippen LogP contribution in [-0.4, -0.2) is 10.7 Å². The Labute approximate surface area is 50.7 Å². The van der Waals surface area contributed by atoms with Crippen molar-refractivity contribution >= 4 is 11.6 Å². The molecular weight excluding hydrogens is 142 g/mol. The molecule has 0 heterocycles. The fourth-order valence-corrected chi connectivity index (χ4v) is 0.